The Morgan fingerprint density at radius 2 is 1.47 bits per heavy atom. The van der Waals surface area contributed by atoms with Gasteiger partial charge in [-0.1, -0.05) is 36.4 Å². The van der Waals surface area contributed by atoms with Gasteiger partial charge >= 0.3 is 0 Å². The lowest BCUT2D eigenvalue weighted by molar-refractivity contribution is 0.558. The van der Waals surface area contributed by atoms with Crippen LogP contribution in [0.25, 0.3) is 0 Å². The molecule has 2 aliphatic rings. The van der Waals surface area contributed by atoms with Gasteiger partial charge in [0.2, 0.25) is 12.2 Å². The quantitative estimate of drug-likeness (QED) is 0.492. The van der Waals surface area contributed by atoms with Crippen LogP contribution in [0.2, 0.25) is 0 Å². The van der Waals surface area contributed by atoms with Crippen molar-refractivity contribution in [1.82, 2.24) is 0 Å². The summed E-state index contributed by atoms with van der Waals surface area (Å²) in [5.41, 5.74) is 14.4. The zero-order valence-corrected chi connectivity index (χ0v) is 19.8. The number of rotatable bonds is 7. The number of aliphatic imine (C=N–C) groups is 2. The number of hydrogen-bond acceptors (Lipinski definition) is 7. The SMILES string of the molecule is CC1=NN=C(C2(CCN)c3ccc(C(C)N=C=O)cc3CCc3cc(C(C)N=C=O)ccc32)C1. The lowest BCUT2D eigenvalue weighted by Crippen LogP contribution is -2.40. The van der Waals surface area contributed by atoms with E-state index in [9.17, 15) is 9.59 Å². The second-order valence-corrected chi connectivity index (χ2v) is 9.13. The molecule has 0 radical (unpaired) electrons. The number of fused-ring (bicyclic) bond motifs is 2. The van der Waals surface area contributed by atoms with Gasteiger partial charge in [-0.3, -0.25) is 0 Å². The molecule has 0 aromatic heterocycles. The van der Waals surface area contributed by atoms with Crippen LogP contribution in [-0.4, -0.2) is 30.1 Å². The lowest BCUT2D eigenvalue weighted by atomic mass is 9.65. The van der Waals surface area contributed by atoms with E-state index in [2.05, 4.69) is 44.5 Å². The van der Waals surface area contributed by atoms with Gasteiger partial charge in [0.1, 0.15) is 0 Å². The van der Waals surface area contributed by atoms with E-state index in [4.69, 9.17) is 5.73 Å². The van der Waals surface area contributed by atoms with Crippen LogP contribution in [-0.2, 0) is 27.8 Å². The van der Waals surface area contributed by atoms with Gasteiger partial charge in [-0.15, -0.1) is 0 Å². The van der Waals surface area contributed by atoms with Crippen molar-refractivity contribution in [3.8, 4) is 0 Å². The summed E-state index contributed by atoms with van der Waals surface area (Å²) >= 11 is 0. The van der Waals surface area contributed by atoms with Crippen LogP contribution in [0, 0.1) is 0 Å². The van der Waals surface area contributed by atoms with Gasteiger partial charge in [0.25, 0.3) is 0 Å². The maximum atomic E-state index is 10.8. The van der Waals surface area contributed by atoms with E-state index in [0.29, 0.717) is 19.4 Å². The van der Waals surface area contributed by atoms with Gasteiger partial charge in [-0.25, -0.2) is 9.59 Å². The Kier molecular flexibility index (Phi) is 6.80. The third-order valence-electron chi connectivity index (χ3n) is 7.08. The standard InChI is InChI=1S/C27H29N5O2/c1-17-12-26(32-31-17)27(10-11-28)24-8-6-20(18(2)29-15-33)13-22(24)4-5-23-14-21(7-9-25(23)27)19(3)30-16-34/h6-9,13-14,18-19H,4-5,10-12,28H2,1-3H3. The average molecular weight is 456 g/mol. The largest absolute Gasteiger partial charge is 0.330 e. The minimum atomic E-state index is -0.511. The molecule has 1 heterocycles. The summed E-state index contributed by atoms with van der Waals surface area (Å²) < 4.78 is 0. The van der Waals surface area contributed by atoms with Crippen molar-refractivity contribution in [1.29, 1.82) is 0 Å². The summed E-state index contributed by atoms with van der Waals surface area (Å²) in [5.74, 6) is 0. The Labute approximate surface area is 199 Å². The molecule has 4 rings (SSSR count). The normalized spacial score (nSPS) is 20.5. The fourth-order valence-electron chi connectivity index (χ4n) is 5.35. The summed E-state index contributed by atoms with van der Waals surface area (Å²) in [7, 11) is 0. The predicted molar refractivity (Wildman–Crippen MR) is 133 cm³/mol. The van der Waals surface area contributed by atoms with E-state index < -0.39 is 5.41 Å². The van der Waals surface area contributed by atoms with E-state index in [0.717, 1.165) is 35.4 Å². The topological polar surface area (TPSA) is 110 Å². The van der Waals surface area contributed by atoms with Crippen molar-refractivity contribution in [2.24, 2.45) is 25.9 Å². The number of hydrogen-bond donors (Lipinski definition) is 1. The predicted octanol–water partition coefficient (Wildman–Crippen LogP) is 4.43. The number of benzene rings is 2. The number of nitrogens with two attached hydrogens (primary N) is 1. The highest BCUT2D eigenvalue weighted by atomic mass is 16.1. The summed E-state index contributed by atoms with van der Waals surface area (Å²) in [4.78, 5) is 29.5. The summed E-state index contributed by atoms with van der Waals surface area (Å²) in [5, 5.41) is 9.04. The van der Waals surface area contributed by atoms with E-state index >= 15 is 0 Å². The molecule has 174 valence electrons. The van der Waals surface area contributed by atoms with Crippen LogP contribution in [0.4, 0.5) is 0 Å². The number of aryl methyl sites for hydroxylation is 2. The molecule has 2 aromatic carbocycles. The van der Waals surface area contributed by atoms with Crippen LogP contribution in [0.5, 0.6) is 0 Å². The highest BCUT2D eigenvalue weighted by Gasteiger charge is 2.44. The summed E-state index contributed by atoms with van der Waals surface area (Å²) in [6.07, 6.45) is 6.38. The van der Waals surface area contributed by atoms with E-state index in [1.54, 1.807) is 12.2 Å². The Morgan fingerprint density at radius 3 is 1.88 bits per heavy atom. The molecule has 0 bridgehead atoms. The van der Waals surface area contributed by atoms with Crippen LogP contribution >= 0.6 is 0 Å². The number of isocyanates is 2. The average Bonchev–Trinajstić information content (AvgIpc) is 3.22. The van der Waals surface area contributed by atoms with Gasteiger partial charge in [0, 0.05) is 12.1 Å². The molecule has 7 nitrogen and oxygen atoms in total. The molecule has 0 saturated carbocycles. The molecule has 1 aliphatic heterocycles. The van der Waals surface area contributed by atoms with E-state index in [1.165, 1.54) is 22.3 Å². The Balaban J connectivity index is 1.96. The zero-order chi connectivity index (χ0) is 24.3. The molecular weight excluding hydrogens is 426 g/mol. The molecule has 0 fully saturated rings. The molecule has 2 atom stereocenters. The molecular formula is C27H29N5O2. The molecule has 34 heavy (non-hydrogen) atoms. The first kappa shape index (κ1) is 23.7. The fourth-order valence-corrected chi connectivity index (χ4v) is 5.35. The van der Waals surface area contributed by atoms with Gasteiger partial charge in [-0.05, 0) is 80.0 Å². The molecule has 7 heteroatoms. The summed E-state index contributed by atoms with van der Waals surface area (Å²) in [6, 6.07) is 12.2. The summed E-state index contributed by atoms with van der Waals surface area (Å²) in [6.45, 7) is 6.27. The Morgan fingerprint density at radius 1 is 0.941 bits per heavy atom. The Hall–Kier alpha value is -3.50. The molecule has 2 unspecified atom stereocenters. The highest BCUT2D eigenvalue weighted by molar-refractivity contribution is 6.13. The van der Waals surface area contributed by atoms with Crippen LogP contribution in [0.1, 0.15) is 79.1 Å². The van der Waals surface area contributed by atoms with Crippen LogP contribution in [0.3, 0.4) is 0 Å². The van der Waals surface area contributed by atoms with Crippen molar-refractivity contribution in [2.75, 3.05) is 6.54 Å². The molecule has 1 aliphatic carbocycles. The first-order valence-corrected chi connectivity index (χ1v) is 11.7. The maximum absolute atomic E-state index is 10.8. The second-order valence-electron chi connectivity index (χ2n) is 9.13. The minimum absolute atomic E-state index is 0.264. The zero-order valence-electron chi connectivity index (χ0n) is 19.8. The first-order chi connectivity index (χ1) is 16.4. The minimum Gasteiger partial charge on any atom is -0.330 e. The molecule has 0 saturated heterocycles. The van der Waals surface area contributed by atoms with Crippen LogP contribution < -0.4 is 5.73 Å². The second kappa shape index (κ2) is 9.78. The smallest absolute Gasteiger partial charge is 0.235 e. The molecule has 0 spiro atoms. The third-order valence-corrected chi connectivity index (χ3v) is 7.08. The monoisotopic (exact) mass is 455 g/mol. The van der Waals surface area contributed by atoms with Crippen molar-refractivity contribution in [2.45, 2.75) is 64.0 Å². The lowest BCUT2D eigenvalue weighted by Gasteiger charge is -2.37. The van der Waals surface area contributed by atoms with Crippen molar-refractivity contribution < 1.29 is 9.59 Å². The molecule has 0 amide bonds. The number of nitrogens with zero attached hydrogens (tertiary/aromatic N) is 4. The van der Waals surface area contributed by atoms with Gasteiger partial charge in [0.05, 0.1) is 23.2 Å². The highest BCUT2D eigenvalue weighted by Crippen LogP contribution is 2.46. The van der Waals surface area contributed by atoms with Crippen molar-refractivity contribution in [3.63, 3.8) is 0 Å². The van der Waals surface area contributed by atoms with Gasteiger partial charge < -0.3 is 5.73 Å². The van der Waals surface area contributed by atoms with E-state index in [-0.39, 0.29) is 12.1 Å². The Bertz CT molecular complexity index is 1190. The van der Waals surface area contributed by atoms with Crippen LogP contribution in [0.15, 0.2) is 56.6 Å². The van der Waals surface area contributed by atoms with Crippen molar-refractivity contribution >= 4 is 23.6 Å². The van der Waals surface area contributed by atoms with Crippen molar-refractivity contribution in [3.05, 3.63) is 69.8 Å². The third kappa shape index (κ3) is 4.10. The van der Waals surface area contributed by atoms with Gasteiger partial charge in [-0.2, -0.15) is 20.2 Å². The number of carbonyl (C=O) groups excluding carboxylic acids is 2. The molecule has 2 N–H and O–H groups in total. The first-order valence-electron chi connectivity index (χ1n) is 11.7. The van der Waals surface area contributed by atoms with Gasteiger partial charge in [0.15, 0.2) is 0 Å². The van der Waals surface area contributed by atoms with E-state index in [1.807, 2.05) is 32.9 Å². The molecule has 2 aromatic rings. The fraction of sp³-hybridized carbons (Fsp3) is 0.407. The maximum Gasteiger partial charge on any atom is 0.235 e.